The molecule has 1 aliphatic rings. The van der Waals surface area contributed by atoms with Gasteiger partial charge in [-0.25, -0.2) is 4.68 Å². The topological polar surface area (TPSA) is 56.2 Å². The summed E-state index contributed by atoms with van der Waals surface area (Å²) >= 11 is 0. The van der Waals surface area contributed by atoms with Crippen LogP contribution >= 0.6 is 0 Å². The Bertz CT molecular complexity index is 581. The summed E-state index contributed by atoms with van der Waals surface area (Å²) < 4.78 is 7.39. The van der Waals surface area contributed by atoms with E-state index in [-0.39, 0.29) is 5.91 Å². The monoisotopic (exact) mass is 257 g/mol. The van der Waals surface area contributed by atoms with Crippen LogP contribution in [0.5, 0.6) is 5.75 Å². The number of hydrogen-bond donors (Lipinski definition) is 1. The molecule has 1 aliphatic heterocycles. The molecule has 0 aliphatic carbocycles. The van der Waals surface area contributed by atoms with Gasteiger partial charge in [-0.2, -0.15) is 5.10 Å². The van der Waals surface area contributed by atoms with E-state index in [2.05, 4.69) is 10.4 Å². The second-order valence-electron chi connectivity index (χ2n) is 4.44. The molecule has 0 spiro atoms. The molecule has 0 saturated carbocycles. The lowest BCUT2D eigenvalue weighted by atomic mass is 10.1. The van der Waals surface area contributed by atoms with Gasteiger partial charge >= 0.3 is 0 Å². The molecule has 98 valence electrons. The number of carbonyl (C=O) groups is 1. The van der Waals surface area contributed by atoms with Gasteiger partial charge in [-0.3, -0.25) is 4.79 Å². The lowest BCUT2D eigenvalue weighted by molar-refractivity contribution is -0.122. The third-order valence-corrected chi connectivity index (χ3v) is 3.21. The van der Waals surface area contributed by atoms with Crippen LogP contribution in [-0.4, -0.2) is 21.8 Å². The average Bonchev–Trinajstić information content (AvgIpc) is 3.03. The van der Waals surface area contributed by atoms with Crippen molar-refractivity contribution in [2.24, 2.45) is 0 Å². The first-order valence-corrected chi connectivity index (χ1v) is 6.35. The van der Waals surface area contributed by atoms with Crippen LogP contribution in [0.15, 0.2) is 36.5 Å². The van der Waals surface area contributed by atoms with Crippen LogP contribution in [0.1, 0.15) is 12.5 Å². The molecule has 0 fully saturated rings. The van der Waals surface area contributed by atoms with Crippen LogP contribution in [0, 0.1) is 0 Å². The molecule has 0 bridgehead atoms. The summed E-state index contributed by atoms with van der Waals surface area (Å²) in [4.78, 5) is 12.2. The molecule has 1 aromatic heterocycles. The molecule has 0 unspecified atom stereocenters. The zero-order valence-corrected chi connectivity index (χ0v) is 10.7. The standard InChI is InChI=1S/C14H15N3O2/c1-2-17-13(7-8-15-17)16-14(18)12-9-10-5-3-4-6-11(10)19-12/h3-8,12H,2,9H2,1H3,(H,16,18)/t12-/m1/s1. The van der Waals surface area contributed by atoms with Gasteiger partial charge in [0.2, 0.25) is 0 Å². The largest absolute Gasteiger partial charge is 0.480 e. The fourth-order valence-electron chi connectivity index (χ4n) is 2.23. The van der Waals surface area contributed by atoms with Gasteiger partial charge in [0.25, 0.3) is 5.91 Å². The zero-order chi connectivity index (χ0) is 13.2. The molecular formula is C14H15N3O2. The third-order valence-electron chi connectivity index (χ3n) is 3.21. The summed E-state index contributed by atoms with van der Waals surface area (Å²) in [6.45, 7) is 2.69. The van der Waals surface area contributed by atoms with Crippen LogP contribution < -0.4 is 10.1 Å². The van der Waals surface area contributed by atoms with Gasteiger partial charge in [0.1, 0.15) is 11.6 Å². The van der Waals surface area contributed by atoms with Gasteiger partial charge in [0.15, 0.2) is 6.10 Å². The van der Waals surface area contributed by atoms with E-state index in [0.717, 1.165) is 11.3 Å². The first-order valence-electron chi connectivity index (χ1n) is 6.35. The van der Waals surface area contributed by atoms with Crippen molar-refractivity contribution in [3.8, 4) is 5.75 Å². The summed E-state index contributed by atoms with van der Waals surface area (Å²) in [6.07, 6.45) is 1.82. The minimum absolute atomic E-state index is 0.133. The predicted molar refractivity (Wildman–Crippen MR) is 71.1 cm³/mol. The third kappa shape index (κ3) is 2.19. The highest BCUT2D eigenvalue weighted by atomic mass is 16.5. The number of benzene rings is 1. The molecule has 0 radical (unpaired) electrons. The molecule has 1 N–H and O–H groups in total. The highest BCUT2D eigenvalue weighted by molar-refractivity contribution is 5.94. The molecule has 0 saturated heterocycles. The van der Waals surface area contributed by atoms with Crippen LogP contribution in [0.3, 0.4) is 0 Å². The highest BCUT2D eigenvalue weighted by Crippen LogP contribution is 2.28. The second kappa shape index (κ2) is 4.76. The maximum absolute atomic E-state index is 12.2. The smallest absolute Gasteiger partial charge is 0.266 e. The van der Waals surface area contributed by atoms with Crippen molar-refractivity contribution in [3.63, 3.8) is 0 Å². The van der Waals surface area contributed by atoms with Gasteiger partial charge in [-0.05, 0) is 18.6 Å². The molecule has 1 amide bonds. The van der Waals surface area contributed by atoms with E-state index in [1.165, 1.54) is 0 Å². The first kappa shape index (κ1) is 11.8. The van der Waals surface area contributed by atoms with Gasteiger partial charge in [0.05, 0.1) is 6.20 Å². The van der Waals surface area contributed by atoms with Crippen LogP contribution in [-0.2, 0) is 17.8 Å². The zero-order valence-electron chi connectivity index (χ0n) is 10.7. The summed E-state index contributed by atoms with van der Waals surface area (Å²) in [5, 5.41) is 6.97. The van der Waals surface area contributed by atoms with Crippen LogP contribution in [0.4, 0.5) is 5.82 Å². The number of rotatable bonds is 3. The van der Waals surface area contributed by atoms with Crippen molar-refractivity contribution in [2.75, 3.05) is 5.32 Å². The highest BCUT2D eigenvalue weighted by Gasteiger charge is 2.29. The van der Waals surface area contributed by atoms with E-state index < -0.39 is 6.10 Å². The summed E-state index contributed by atoms with van der Waals surface area (Å²) in [5.74, 6) is 1.37. The second-order valence-corrected chi connectivity index (χ2v) is 4.44. The number of para-hydroxylation sites is 1. The minimum atomic E-state index is -0.461. The average molecular weight is 257 g/mol. The van der Waals surface area contributed by atoms with Gasteiger partial charge in [-0.15, -0.1) is 0 Å². The molecule has 5 heteroatoms. The van der Waals surface area contributed by atoms with Crippen LogP contribution in [0.25, 0.3) is 0 Å². The normalized spacial score (nSPS) is 16.8. The number of fused-ring (bicyclic) bond motifs is 1. The maximum atomic E-state index is 12.2. The van der Waals surface area contributed by atoms with Crippen LogP contribution in [0.2, 0.25) is 0 Å². The van der Waals surface area contributed by atoms with Crippen molar-refractivity contribution < 1.29 is 9.53 Å². The van der Waals surface area contributed by atoms with Gasteiger partial charge < -0.3 is 10.1 Å². The Labute approximate surface area is 111 Å². The van der Waals surface area contributed by atoms with E-state index >= 15 is 0 Å². The number of anilines is 1. The van der Waals surface area contributed by atoms with E-state index in [1.54, 1.807) is 16.9 Å². The van der Waals surface area contributed by atoms with E-state index in [1.807, 2.05) is 31.2 Å². The number of amides is 1. The number of ether oxygens (including phenoxy) is 1. The van der Waals surface area contributed by atoms with Crippen molar-refractivity contribution in [2.45, 2.75) is 26.0 Å². The van der Waals surface area contributed by atoms with E-state index in [0.29, 0.717) is 18.8 Å². The number of aromatic nitrogens is 2. The Morgan fingerprint density at radius 2 is 2.32 bits per heavy atom. The van der Waals surface area contributed by atoms with Crippen molar-refractivity contribution in [1.29, 1.82) is 0 Å². The molecule has 19 heavy (non-hydrogen) atoms. The molecule has 3 rings (SSSR count). The minimum Gasteiger partial charge on any atom is -0.480 e. The quantitative estimate of drug-likeness (QED) is 0.912. The Morgan fingerprint density at radius 1 is 1.47 bits per heavy atom. The lowest BCUT2D eigenvalue weighted by Gasteiger charge is -2.12. The maximum Gasteiger partial charge on any atom is 0.266 e. The Kier molecular flexibility index (Phi) is 2.95. The fraction of sp³-hybridized carbons (Fsp3) is 0.286. The molecule has 5 nitrogen and oxygen atoms in total. The first-order chi connectivity index (χ1) is 9.28. The summed E-state index contributed by atoms with van der Waals surface area (Å²) in [5.41, 5.74) is 1.08. The summed E-state index contributed by atoms with van der Waals surface area (Å²) in [7, 11) is 0. The van der Waals surface area contributed by atoms with Crippen molar-refractivity contribution in [1.82, 2.24) is 9.78 Å². The summed E-state index contributed by atoms with van der Waals surface area (Å²) in [6, 6.07) is 9.52. The van der Waals surface area contributed by atoms with Gasteiger partial charge in [-0.1, -0.05) is 18.2 Å². The SMILES string of the molecule is CCn1nccc1NC(=O)[C@H]1Cc2ccccc2O1. The Hall–Kier alpha value is -2.30. The predicted octanol–water partition coefficient (Wildman–Crippen LogP) is 1.85. The Morgan fingerprint density at radius 3 is 3.11 bits per heavy atom. The number of nitrogens with zero attached hydrogens (tertiary/aromatic N) is 2. The lowest BCUT2D eigenvalue weighted by Crippen LogP contribution is -2.32. The number of carbonyl (C=O) groups excluding carboxylic acids is 1. The molecular weight excluding hydrogens is 242 g/mol. The van der Waals surface area contributed by atoms with Gasteiger partial charge in [0, 0.05) is 19.0 Å². The fourth-order valence-corrected chi connectivity index (χ4v) is 2.23. The number of nitrogens with one attached hydrogen (secondary N) is 1. The Balaban J connectivity index is 1.70. The number of aryl methyl sites for hydroxylation is 1. The van der Waals surface area contributed by atoms with E-state index in [9.17, 15) is 4.79 Å². The van der Waals surface area contributed by atoms with E-state index in [4.69, 9.17) is 4.74 Å². The number of hydrogen-bond acceptors (Lipinski definition) is 3. The molecule has 2 aromatic rings. The van der Waals surface area contributed by atoms with Crippen molar-refractivity contribution in [3.05, 3.63) is 42.1 Å². The molecule has 2 heterocycles. The molecule has 1 aromatic carbocycles. The van der Waals surface area contributed by atoms with Crippen molar-refractivity contribution >= 4 is 11.7 Å². The molecule has 1 atom stereocenters.